The molecule has 0 N–H and O–H groups in total. The zero-order chi connectivity index (χ0) is 19.7. The van der Waals surface area contributed by atoms with Crippen molar-refractivity contribution >= 4 is 15.8 Å². The third kappa shape index (κ3) is 5.27. The molecule has 0 aliphatic heterocycles. The van der Waals surface area contributed by atoms with Crippen LogP contribution < -0.4 is 0 Å². The predicted molar refractivity (Wildman–Crippen MR) is 122 cm³/mol. The van der Waals surface area contributed by atoms with Gasteiger partial charge in [0.2, 0.25) is 0 Å². The average molecular weight is 418 g/mol. The van der Waals surface area contributed by atoms with Gasteiger partial charge in [0.25, 0.3) is 0 Å². The second kappa shape index (κ2) is 9.57. The average Bonchev–Trinajstić information content (AvgIpc) is 2.66. The molecule has 29 heavy (non-hydrogen) atoms. The number of benzene rings is 2. The van der Waals surface area contributed by atoms with Crippen LogP contribution in [0.25, 0.3) is 0 Å². The van der Waals surface area contributed by atoms with Crippen molar-refractivity contribution in [2.45, 2.75) is 78.5 Å². The first kappa shape index (κ1) is 24.9. The minimum absolute atomic E-state index is 0. The van der Waals surface area contributed by atoms with Crippen LogP contribution in [0.2, 0.25) is 0 Å². The van der Waals surface area contributed by atoms with E-state index in [0.29, 0.717) is 5.71 Å². The van der Waals surface area contributed by atoms with Gasteiger partial charge < -0.3 is 0 Å². The molecule has 1 aliphatic rings. The van der Waals surface area contributed by atoms with E-state index >= 15 is 0 Å². The Bertz CT molecular complexity index is 975. The number of rotatable bonds is 5. The van der Waals surface area contributed by atoms with E-state index in [1.807, 2.05) is 31.2 Å². The van der Waals surface area contributed by atoms with E-state index < -0.39 is 10.1 Å². The summed E-state index contributed by atoms with van der Waals surface area (Å²) in [6, 6.07) is 13.1. The fraction of sp³-hybridized carbons (Fsp3) is 0.458. The largest absolute Gasteiger partial charge is 0.358 e. The molecule has 0 unspecified atom stereocenters. The molecular formula is C24H35NO3S. The van der Waals surface area contributed by atoms with Crippen LogP contribution in [0, 0.1) is 6.92 Å². The van der Waals surface area contributed by atoms with E-state index in [2.05, 4.69) is 32.0 Å². The number of hydrogen-bond acceptors (Lipinski definition) is 4. The zero-order valence-corrected chi connectivity index (χ0v) is 17.3. The van der Waals surface area contributed by atoms with E-state index in [4.69, 9.17) is 4.28 Å². The molecule has 0 fully saturated rings. The maximum atomic E-state index is 12.6. The molecule has 0 bridgehead atoms. The minimum Gasteiger partial charge on any atom is -0.264 e. The Hall–Kier alpha value is -2.14. The topological polar surface area (TPSA) is 55.7 Å². The summed E-state index contributed by atoms with van der Waals surface area (Å²) < 4.78 is 30.4. The van der Waals surface area contributed by atoms with Gasteiger partial charge in [-0.25, -0.2) is 0 Å². The summed E-state index contributed by atoms with van der Waals surface area (Å²) in [4.78, 5) is 0.143. The van der Waals surface area contributed by atoms with Crippen molar-refractivity contribution in [3.63, 3.8) is 0 Å². The molecule has 0 saturated heterocycles. The molecule has 0 aromatic heterocycles. The van der Waals surface area contributed by atoms with Crippen LogP contribution in [-0.4, -0.2) is 14.1 Å². The van der Waals surface area contributed by atoms with Crippen molar-refractivity contribution < 1.29 is 12.7 Å². The minimum atomic E-state index is -3.94. The van der Waals surface area contributed by atoms with E-state index in [9.17, 15) is 8.42 Å². The zero-order valence-electron chi connectivity index (χ0n) is 16.5. The van der Waals surface area contributed by atoms with E-state index in [-0.39, 0.29) is 25.2 Å². The molecular weight excluding hydrogens is 382 g/mol. The Labute approximate surface area is 177 Å². The maximum Gasteiger partial charge on any atom is 0.358 e. The Morgan fingerprint density at radius 2 is 1.76 bits per heavy atom. The highest BCUT2D eigenvalue weighted by molar-refractivity contribution is 7.86. The van der Waals surface area contributed by atoms with Crippen LogP contribution in [0.1, 0.15) is 77.1 Å². The first-order chi connectivity index (χ1) is 12.7. The summed E-state index contributed by atoms with van der Waals surface area (Å²) >= 11 is 0. The van der Waals surface area contributed by atoms with Crippen molar-refractivity contribution in [1.29, 1.82) is 0 Å². The molecule has 0 amide bonds. The van der Waals surface area contributed by atoms with Crippen molar-refractivity contribution in [2.24, 2.45) is 5.16 Å². The number of fused-ring (bicyclic) bond motifs is 1. The van der Waals surface area contributed by atoms with Crippen molar-refractivity contribution in [1.82, 2.24) is 0 Å². The van der Waals surface area contributed by atoms with Crippen LogP contribution in [0.15, 0.2) is 52.5 Å². The maximum absolute atomic E-state index is 12.6. The van der Waals surface area contributed by atoms with Crippen LogP contribution >= 0.6 is 0 Å². The Morgan fingerprint density at radius 3 is 2.41 bits per heavy atom. The van der Waals surface area contributed by atoms with E-state index in [1.165, 1.54) is 5.56 Å². The molecule has 3 rings (SSSR count). The summed E-state index contributed by atoms with van der Waals surface area (Å²) in [6.45, 7) is 8.39. The van der Waals surface area contributed by atoms with Gasteiger partial charge in [-0.3, -0.25) is 4.28 Å². The van der Waals surface area contributed by atoms with E-state index in [1.54, 1.807) is 12.1 Å². The molecule has 0 saturated carbocycles. The fourth-order valence-corrected chi connectivity index (χ4v) is 4.40. The Morgan fingerprint density at radius 1 is 1.07 bits per heavy atom. The summed E-state index contributed by atoms with van der Waals surface area (Å²) in [5.74, 6) is 0. The lowest BCUT2D eigenvalue weighted by molar-refractivity contribution is 0.337. The third-order valence-corrected chi connectivity index (χ3v) is 6.64. The summed E-state index contributed by atoms with van der Waals surface area (Å²) in [6.07, 6.45) is 3.62. The molecule has 1 aliphatic carbocycles. The number of aryl methyl sites for hydroxylation is 2. The first-order valence-corrected chi connectivity index (χ1v) is 10.9. The Balaban J connectivity index is 0.00000210. The fourth-order valence-electron chi connectivity index (χ4n) is 3.57. The van der Waals surface area contributed by atoms with E-state index in [0.717, 1.165) is 42.4 Å². The normalized spacial score (nSPS) is 15.1. The van der Waals surface area contributed by atoms with Crippen LogP contribution in [0.4, 0.5) is 0 Å². The van der Waals surface area contributed by atoms with Gasteiger partial charge in [0.1, 0.15) is 4.90 Å². The van der Waals surface area contributed by atoms with Gasteiger partial charge in [0, 0.05) is 5.56 Å². The SMILES string of the molecule is C.C.CCC(C)(C)c1ccc(S(=O)(=O)ON=C2CCCc3ccccc32)cc1C. The lowest BCUT2D eigenvalue weighted by atomic mass is 9.80. The monoisotopic (exact) mass is 417 g/mol. The summed E-state index contributed by atoms with van der Waals surface area (Å²) in [5.41, 5.74) is 4.96. The standard InChI is InChI=1S/C22H27NO3S.2CH4/c1-5-22(3,4)20-14-13-18(15-16(20)2)27(24,25)26-23-21-12-8-10-17-9-6-7-11-19(17)21;;/h6-7,9,11,13-15H,5,8,10,12H2,1-4H3;2*1H4. The number of oxime groups is 1. The molecule has 5 heteroatoms. The van der Waals surface area contributed by atoms with Crippen LogP contribution in [0.3, 0.4) is 0 Å². The summed E-state index contributed by atoms with van der Waals surface area (Å²) in [5, 5.41) is 4.02. The number of hydrogen-bond donors (Lipinski definition) is 0. The van der Waals surface area contributed by atoms with Crippen molar-refractivity contribution in [3.05, 3.63) is 64.7 Å². The molecule has 4 nitrogen and oxygen atoms in total. The van der Waals surface area contributed by atoms with Crippen LogP contribution in [-0.2, 0) is 26.2 Å². The molecule has 2 aromatic rings. The van der Waals surface area contributed by atoms with Gasteiger partial charge in [-0.15, -0.1) is 0 Å². The van der Waals surface area contributed by atoms with Gasteiger partial charge in [0.15, 0.2) is 0 Å². The van der Waals surface area contributed by atoms with Gasteiger partial charge in [0.05, 0.1) is 5.71 Å². The second-order valence-corrected chi connectivity index (χ2v) is 9.32. The highest BCUT2D eigenvalue weighted by atomic mass is 32.2. The van der Waals surface area contributed by atoms with Gasteiger partial charge in [-0.05, 0) is 66.8 Å². The molecule has 0 radical (unpaired) electrons. The molecule has 2 aromatic carbocycles. The first-order valence-electron chi connectivity index (χ1n) is 9.44. The number of nitrogens with zero attached hydrogens (tertiary/aromatic N) is 1. The van der Waals surface area contributed by atoms with Gasteiger partial charge in [-0.2, -0.15) is 8.42 Å². The third-order valence-electron chi connectivity index (χ3n) is 5.53. The molecule has 0 atom stereocenters. The van der Waals surface area contributed by atoms with Crippen molar-refractivity contribution in [2.75, 3.05) is 0 Å². The lowest BCUT2D eigenvalue weighted by Crippen LogP contribution is -2.17. The Kier molecular flexibility index (Phi) is 8.22. The van der Waals surface area contributed by atoms with Crippen LogP contribution in [0.5, 0.6) is 0 Å². The molecule has 160 valence electrons. The van der Waals surface area contributed by atoms with Gasteiger partial charge >= 0.3 is 10.1 Å². The highest BCUT2D eigenvalue weighted by Crippen LogP contribution is 2.31. The summed E-state index contributed by atoms with van der Waals surface area (Å²) in [7, 11) is -3.94. The quantitative estimate of drug-likeness (QED) is 0.529. The molecule has 0 spiro atoms. The second-order valence-electron chi connectivity index (χ2n) is 7.79. The smallest absolute Gasteiger partial charge is 0.264 e. The van der Waals surface area contributed by atoms with Gasteiger partial charge in [-0.1, -0.05) is 71.1 Å². The molecule has 0 heterocycles. The van der Waals surface area contributed by atoms with Crippen molar-refractivity contribution in [3.8, 4) is 0 Å². The lowest BCUT2D eigenvalue weighted by Gasteiger charge is -2.25. The highest BCUT2D eigenvalue weighted by Gasteiger charge is 2.24. The predicted octanol–water partition coefficient (Wildman–Crippen LogP) is 6.40.